The minimum absolute atomic E-state index is 0.0339. The molecule has 1 heterocycles. The van der Waals surface area contributed by atoms with Crippen LogP contribution in [0.2, 0.25) is 0 Å². The largest absolute Gasteiger partial charge is 0.345 e. The maximum Gasteiger partial charge on any atom is 0.253 e. The van der Waals surface area contributed by atoms with Crippen molar-refractivity contribution in [2.75, 3.05) is 19.4 Å². The highest BCUT2D eigenvalue weighted by molar-refractivity contribution is 5.97. The molecule has 1 atom stereocenters. The van der Waals surface area contributed by atoms with Gasteiger partial charge in [0.05, 0.1) is 6.04 Å². The maximum atomic E-state index is 11.8. The topological polar surface area (TPSA) is 88.3 Å². The molecule has 0 saturated carbocycles. The fourth-order valence-electron chi connectivity index (χ4n) is 1.40. The van der Waals surface area contributed by atoms with Gasteiger partial charge in [-0.2, -0.15) is 0 Å². The number of pyridine rings is 1. The molecule has 2 amide bonds. The lowest BCUT2D eigenvalue weighted by Crippen LogP contribution is -2.40. The number of hydrogen-bond acceptors (Lipinski definition) is 4. The molecule has 0 bridgehead atoms. The van der Waals surface area contributed by atoms with E-state index in [1.807, 2.05) is 13.8 Å². The Morgan fingerprint density at radius 1 is 1.37 bits per heavy atom. The van der Waals surface area contributed by atoms with Gasteiger partial charge in [0.15, 0.2) is 0 Å². The van der Waals surface area contributed by atoms with E-state index < -0.39 is 6.04 Å². The number of amides is 2. The summed E-state index contributed by atoms with van der Waals surface area (Å²) in [6.07, 6.45) is 1.48. The number of hydrogen-bond donors (Lipinski definition) is 2. The molecule has 19 heavy (non-hydrogen) atoms. The highest BCUT2D eigenvalue weighted by Gasteiger charge is 2.18. The summed E-state index contributed by atoms with van der Waals surface area (Å²) < 4.78 is 0. The highest BCUT2D eigenvalue weighted by Crippen LogP contribution is 2.10. The standard InChI is InChI=1S/C13H20N4O2/c1-8(2)11(14)12(18)16-10-7-9(5-6-15-10)13(19)17(3)4/h5-8,11H,14H2,1-4H3,(H,15,16,18)/t11-/m0/s1. The van der Waals surface area contributed by atoms with Crippen molar-refractivity contribution in [2.24, 2.45) is 11.7 Å². The summed E-state index contributed by atoms with van der Waals surface area (Å²) in [5.41, 5.74) is 6.21. The lowest BCUT2D eigenvalue weighted by Gasteiger charge is -2.15. The molecule has 6 heteroatoms. The molecule has 0 aliphatic carbocycles. The van der Waals surface area contributed by atoms with Gasteiger partial charge in [-0.05, 0) is 18.1 Å². The zero-order valence-corrected chi connectivity index (χ0v) is 11.7. The average Bonchev–Trinajstić information content (AvgIpc) is 2.36. The second kappa shape index (κ2) is 6.29. The Morgan fingerprint density at radius 2 is 2.00 bits per heavy atom. The fourth-order valence-corrected chi connectivity index (χ4v) is 1.40. The van der Waals surface area contributed by atoms with E-state index in [0.29, 0.717) is 11.4 Å². The molecule has 0 aliphatic rings. The van der Waals surface area contributed by atoms with Crippen LogP contribution in [0.1, 0.15) is 24.2 Å². The first kappa shape index (κ1) is 15.1. The first-order valence-corrected chi connectivity index (χ1v) is 6.07. The average molecular weight is 264 g/mol. The molecule has 0 aliphatic heterocycles. The SMILES string of the molecule is CC(C)[C@H](N)C(=O)Nc1cc(C(=O)N(C)C)ccn1. The normalized spacial score (nSPS) is 12.1. The van der Waals surface area contributed by atoms with Crippen LogP contribution in [-0.2, 0) is 4.79 Å². The summed E-state index contributed by atoms with van der Waals surface area (Å²) in [5, 5.41) is 2.61. The number of aromatic nitrogens is 1. The van der Waals surface area contributed by atoms with E-state index >= 15 is 0 Å². The van der Waals surface area contributed by atoms with E-state index in [1.165, 1.54) is 17.2 Å². The van der Waals surface area contributed by atoms with Gasteiger partial charge in [0.25, 0.3) is 5.91 Å². The number of carbonyl (C=O) groups excluding carboxylic acids is 2. The fraction of sp³-hybridized carbons (Fsp3) is 0.462. The summed E-state index contributed by atoms with van der Waals surface area (Å²) in [4.78, 5) is 29.0. The van der Waals surface area contributed by atoms with Crippen molar-refractivity contribution in [3.8, 4) is 0 Å². The molecule has 0 fully saturated rings. The van der Waals surface area contributed by atoms with Crippen molar-refractivity contribution in [3.63, 3.8) is 0 Å². The molecule has 1 aromatic heterocycles. The van der Waals surface area contributed by atoms with Crippen LogP contribution in [0.5, 0.6) is 0 Å². The molecule has 3 N–H and O–H groups in total. The van der Waals surface area contributed by atoms with Crippen LogP contribution in [0.25, 0.3) is 0 Å². The van der Waals surface area contributed by atoms with Gasteiger partial charge in [-0.25, -0.2) is 4.98 Å². The Bertz CT molecular complexity index is 471. The van der Waals surface area contributed by atoms with Gasteiger partial charge >= 0.3 is 0 Å². The second-order valence-corrected chi connectivity index (χ2v) is 4.89. The molecule has 0 unspecified atom stereocenters. The molecule has 104 valence electrons. The Hall–Kier alpha value is -1.95. The number of nitrogens with one attached hydrogen (secondary N) is 1. The second-order valence-electron chi connectivity index (χ2n) is 4.89. The zero-order chi connectivity index (χ0) is 14.6. The predicted molar refractivity (Wildman–Crippen MR) is 73.7 cm³/mol. The van der Waals surface area contributed by atoms with Gasteiger partial charge in [0.1, 0.15) is 5.82 Å². The molecule has 6 nitrogen and oxygen atoms in total. The first-order valence-electron chi connectivity index (χ1n) is 6.07. The lowest BCUT2D eigenvalue weighted by molar-refractivity contribution is -0.118. The molecular formula is C13H20N4O2. The summed E-state index contributed by atoms with van der Waals surface area (Å²) in [6.45, 7) is 3.73. The minimum atomic E-state index is -0.602. The summed E-state index contributed by atoms with van der Waals surface area (Å²) >= 11 is 0. The predicted octanol–water partition coefficient (Wildman–Crippen LogP) is 0.705. The van der Waals surface area contributed by atoms with Crippen LogP contribution in [-0.4, -0.2) is 41.8 Å². The summed E-state index contributed by atoms with van der Waals surface area (Å²) in [7, 11) is 3.32. The third kappa shape index (κ3) is 4.03. The first-order chi connectivity index (χ1) is 8.82. The Balaban J connectivity index is 2.83. The third-order valence-corrected chi connectivity index (χ3v) is 2.69. The number of carbonyl (C=O) groups is 2. The Labute approximate surface area is 113 Å². The highest BCUT2D eigenvalue weighted by atomic mass is 16.2. The van der Waals surface area contributed by atoms with E-state index in [1.54, 1.807) is 20.2 Å². The summed E-state index contributed by atoms with van der Waals surface area (Å²) in [5.74, 6) is -0.0941. The minimum Gasteiger partial charge on any atom is -0.345 e. The van der Waals surface area contributed by atoms with E-state index in [-0.39, 0.29) is 17.7 Å². The molecule has 0 radical (unpaired) electrons. The molecule has 0 saturated heterocycles. The van der Waals surface area contributed by atoms with Gasteiger partial charge in [-0.3, -0.25) is 9.59 Å². The van der Waals surface area contributed by atoms with Crippen LogP contribution in [0, 0.1) is 5.92 Å². The molecule has 1 aromatic rings. The van der Waals surface area contributed by atoms with Crippen LogP contribution >= 0.6 is 0 Å². The number of anilines is 1. The van der Waals surface area contributed by atoms with Crippen LogP contribution in [0.3, 0.4) is 0 Å². The smallest absolute Gasteiger partial charge is 0.253 e. The Morgan fingerprint density at radius 3 is 2.53 bits per heavy atom. The van der Waals surface area contributed by atoms with E-state index in [4.69, 9.17) is 5.73 Å². The van der Waals surface area contributed by atoms with Gasteiger partial charge in [0.2, 0.25) is 5.91 Å². The van der Waals surface area contributed by atoms with Crippen molar-refractivity contribution >= 4 is 17.6 Å². The van der Waals surface area contributed by atoms with Gasteiger partial charge in [-0.1, -0.05) is 13.8 Å². The van der Waals surface area contributed by atoms with Crippen molar-refractivity contribution in [1.82, 2.24) is 9.88 Å². The van der Waals surface area contributed by atoms with E-state index in [9.17, 15) is 9.59 Å². The van der Waals surface area contributed by atoms with Crippen LogP contribution < -0.4 is 11.1 Å². The van der Waals surface area contributed by atoms with Crippen molar-refractivity contribution in [2.45, 2.75) is 19.9 Å². The number of rotatable bonds is 4. The van der Waals surface area contributed by atoms with Crippen molar-refractivity contribution in [3.05, 3.63) is 23.9 Å². The van der Waals surface area contributed by atoms with Crippen LogP contribution in [0.15, 0.2) is 18.3 Å². The van der Waals surface area contributed by atoms with Crippen molar-refractivity contribution < 1.29 is 9.59 Å². The number of nitrogens with two attached hydrogens (primary N) is 1. The lowest BCUT2D eigenvalue weighted by atomic mass is 10.1. The summed E-state index contributed by atoms with van der Waals surface area (Å²) in [6, 6.07) is 2.53. The monoisotopic (exact) mass is 264 g/mol. The molecule has 0 aromatic carbocycles. The maximum absolute atomic E-state index is 11.8. The zero-order valence-electron chi connectivity index (χ0n) is 11.7. The molecule has 0 spiro atoms. The van der Waals surface area contributed by atoms with Gasteiger partial charge in [0, 0.05) is 25.9 Å². The number of nitrogens with zero attached hydrogens (tertiary/aromatic N) is 2. The van der Waals surface area contributed by atoms with E-state index in [0.717, 1.165) is 0 Å². The molecule has 1 rings (SSSR count). The molecular weight excluding hydrogens is 244 g/mol. The quantitative estimate of drug-likeness (QED) is 0.838. The van der Waals surface area contributed by atoms with Crippen molar-refractivity contribution in [1.29, 1.82) is 0 Å². The van der Waals surface area contributed by atoms with Gasteiger partial charge in [-0.15, -0.1) is 0 Å². The van der Waals surface area contributed by atoms with Gasteiger partial charge < -0.3 is 16.0 Å². The van der Waals surface area contributed by atoms with Crippen LogP contribution in [0.4, 0.5) is 5.82 Å². The Kier molecular flexibility index (Phi) is 5.00. The van der Waals surface area contributed by atoms with E-state index in [2.05, 4.69) is 10.3 Å². The third-order valence-electron chi connectivity index (χ3n) is 2.69.